The number of hydrogen-bond acceptors (Lipinski definition) is 6. The smallest absolute Gasteiger partial charge is 0.291 e. The first-order chi connectivity index (χ1) is 15.1. The molecule has 2 aromatic heterocycles. The van der Waals surface area contributed by atoms with Gasteiger partial charge in [0.25, 0.3) is 5.56 Å². The Morgan fingerprint density at radius 3 is 2.61 bits per heavy atom. The lowest BCUT2D eigenvalue weighted by Crippen LogP contribution is -2.23. The first kappa shape index (κ1) is 21.3. The first-order valence-electron chi connectivity index (χ1n) is 10.2. The zero-order valence-electron chi connectivity index (χ0n) is 17.3. The molecule has 0 saturated carbocycles. The third-order valence-electron chi connectivity index (χ3n) is 4.61. The summed E-state index contributed by atoms with van der Waals surface area (Å²) >= 11 is 7.24. The molecule has 2 aromatic carbocycles. The normalized spacial score (nSPS) is 11.9. The van der Waals surface area contributed by atoms with E-state index in [0.29, 0.717) is 45.1 Å². The summed E-state index contributed by atoms with van der Waals surface area (Å²) < 4.78 is 13.5. The SMILES string of the molecule is CCCCOc1ccc(C=c2sc3nc(-c4ccc(Cl)cc4)nn3c2=O)cc1OCC. The lowest BCUT2D eigenvalue weighted by atomic mass is 10.2. The van der Waals surface area contributed by atoms with Gasteiger partial charge in [-0.05, 0) is 61.4 Å². The minimum atomic E-state index is -0.200. The second kappa shape index (κ2) is 9.49. The molecule has 0 aliphatic carbocycles. The van der Waals surface area contributed by atoms with Crippen LogP contribution in [0.15, 0.2) is 47.3 Å². The van der Waals surface area contributed by atoms with Gasteiger partial charge in [-0.2, -0.15) is 9.50 Å². The number of halogens is 1. The van der Waals surface area contributed by atoms with Crippen LogP contribution >= 0.6 is 22.9 Å². The number of benzene rings is 2. The molecule has 4 aromatic rings. The van der Waals surface area contributed by atoms with Gasteiger partial charge >= 0.3 is 0 Å². The standard InChI is InChI=1S/C23H22ClN3O3S/c1-3-5-12-30-18-11-6-15(13-19(18)29-4-2)14-20-22(28)27-23(31-20)25-21(26-27)16-7-9-17(24)10-8-16/h6-11,13-14H,3-5,12H2,1-2H3. The average Bonchev–Trinajstić information content (AvgIpc) is 3.30. The van der Waals surface area contributed by atoms with Crippen LogP contribution in [0.4, 0.5) is 0 Å². The van der Waals surface area contributed by atoms with Crippen molar-refractivity contribution >= 4 is 34.0 Å². The van der Waals surface area contributed by atoms with Gasteiger partial charge in [-0.25, -0.2) is 0 Å². The summed E-state index contributed by atoms with van der Waals surface area (Å²) in [6.07, 6.45) is 3.87. The molecular formula is C23H22ClN3O3S. The molecule has 0 unspecified atom stereocenters. The zero-order chi connectivity index (χ0) is 21.8. The van der Waals surface area contributed by atoms with Gasteiger partial charge in [-0.1, -0.05) is 42.3 Å². The van der Waals surface area contributed by atoms with E-state index in [1.54, 1.807) is 12.1 Å². The molecule has 6 nitrogen and oxygen atoms in total. The van der Waals surface area contributed by atoms with Crippen LogP contribution in [0.5, 0.6) is 11.5 Å². The summed E-state index contributed by atoms with van der Waals surface area (Å²) in [5.74, 6) is 1.88. The molecule has 0 bridgehead atoms. The van der Waals surface area contributed by atoms with Crippen LogP contribution in [-0.4, -0.2) is 27.8 Å². The van der Waals surface area contributed by atoms with Crippen molar-refractivity contribution in [3.05, 3.63) is 67.9 Å². The molecule has 0 N–H and O–H groups in total. The maximum absolute atomic E-state index is 12.8. The summed E-state index contributed by atoms with van der Waals surface area (Å²) in [7, 11) is 0. The maximum atomic E-state index is 12.8. The molecule has 31 heavy (non-hydrogen) atoms. The van der Waals surface area contributed by atoms with Crippen molar-refractivity contribution in [1.29, 1.82) is 0 Å². The zero-order valence-corrected chi connectivity index (χ0v) is 18.9. The fraction of sp³-hybridized carbons (Fsp3) is 0.261. The number of hydrogen-bond donors (Lipinski definition) is 0. The van der Waals surface area contributed by atoms with Crippen LogP contribution in [-0.2, 0) is 0 Å². The highest BCUT2D eigenvalue weighted by molar-refractivity contribution is 7.15. The highest BCUT2D eigenvalue weighted by Crippen LogP contribution is 2.29. The number of unbranched alkanes of at least 4 members (excludes halogenated alkanes) is 1. The van der Waals surface area contributed by atoms with E-state index in [-0.39, 0.29) is 5.56 Å². The molecule has 0 radical (unpaired) electrons. The highest BCUT2D eigenvalue weighted by Gasteiger charge is 2.12. The third kappa shape index (κ3) is 4.73. The summed E-state index contributed by atoms with van der Waals surface area (Å²) in [6, 6.07) is 12.9. The number of aromatic nitrogens is 3. The Morgan fingerprint density at radius 2 is 1.90 bits per heavy atom. The van der Waals surface area contributed by atoms with Gasteiger partial charge < -0.3 is 9.47 Å². The Labute approximate surface area is 188 Å². The predicted molar refractivity (Wildman–Crippen MR) is 124 cm³/mol. The van der Waals surface area contributed by atoms with Crippen molar-refractivity contribution in [3.63, 3.8) is 0 Å². The molecule has 160 valence electrons. The van der Waals surface area contributed by atoms with Gasteiger partial charge in [0.2, 0.25) is 4.96 Å². The highest BCUT2D eigenvalue weighted by atomic mass is 35.5. The molecule has 0 aliphatic rings. The summed E-state index contributed by atoms with van der Waals surface area (Å²) in [4.78, 5) is 17.9. The van der Waals surface area contributed by atoms with Crippen molar-refractivity contribution in [2.75, 3.05) is 13.2 Å². The van der Waals surface area contributed by atoms with Crippen LogP contribution in [0.25, 0.3) is 22.4 Å². The van der Waals surface area contributed by atoms with E-state index in [0.717, 1.165) is 24.0 Å². The van der Waals surface area contributed by atoms with Crippen molar-refractivity contribution < 1.29 is 9.47 Å². The van der Waals surface area contributed by atoms with Gasteiger partial charge in [-0.3, -0.25) is 4.79 Å². The van der Waals surface area contributed by atoms with Crippen molar-refractivity contribution in [2.45, 2.75) is 26.7 Å². The van der Waals surface area contributed by atoms with Gasteiger partial charge in [0.1, 0.15) is 0 Å². The summed E-state index contributed by atoms with van der Waals surface area (Å²) in [6.45, 7) is 5.23. The van der Waals surface area contributed by atoms with E-state index in [9.17, 15) is 4.79 Å². The number of thiazole rings is 1. The first-order valence-corrected chi connectivity index (χ1v) is 11.4. The molecule has 8 heteroatoms. The molecule has 0 fully saturated rings. The minimum absolute atomic E-state index is 0.200. The molecule has 0 amide bonds. The largest absolute Gasteiger partial charge is 0.490 e. The van der Waals surface area contributed by atoms with Gasteiger partial charge in [0.15, 0.2) is 17.3 Å². The fourth-order valence-electron chi connectivity index (χ4n) is 3.03. The Morgan fingerprint density at radius 1 is 1.10 bits per heavy atom. The van der Waals surface area contributed by atoms with Crippen molar-refractivity contribution in [2.24, 2.45) is 0 Å². The summed E-state index contributed by atoms with van der Waals surface area (Å²) in [5, 5.41) is 5.01. The average molecular weight is 456 g/mol. The van der Waals surface area contributed by atoms with Crippen LogP contribution in [0, 0.1) is 0 Å². The van der Waals surface area contributed by atoms with Crippen molar-refractivity contribution in [1.82, 2.24) is 14.6 Å². The lowest BCUT2D eigenvalue weighted by molar-refractivity contribution is 0.272. The predicted octanol–water partition coefficient (Wildman–Crippen LogP) is 4.60. The lowest BCUT2D eigenvalue weighted by Gasteiger charge is -2.12. The Hall–Kier alpha value is -2.90. The van der Waals surface area contributed by atoms with Crippen LogP contribution in [0.1, 0.15) is 32.3 Å². The van der Waals surface area contributed by atoms with E-state index < -0.39 is 0 Å². The van der Waals surface area contributed by atoms with Gasteiger partial charge in [0, 0.05) is 10.6 Å². The molecule has 4 rings (SSSR count). The quantitative estimate of drug-likeness (QED) is 0.363. The number of ether oxygens (including phenoxy) is 2. The maximum Gasteiger partial charge on any atom is 0.291 e. The topological polar surface area (TPSA) is 65.7 Å². The molecule has 0 spiro atoms. The molecule has 0 atom stereocenters. The number of nitrogens with zero attached hydrogens (tertiary/aromatic N) is 3. The summed E-state index contributed by atoms with van der Waals surface area (Å²) in [5.41, 5.74) is 1.46. The van der Waals surface area contributed by atoms with Gasteiger partial charge in [0.05, 0.1) is 17.7 Å². The van der Waals surface area contributed by atoms with Crippen molar-refractivity contribution in [3.8, 4) is 22.9 Å². The Kier molecular flexibility index (Phi) is 6.53. The van der Waals surface area contributed by atoms with Crippen LogP contribution in [0.2, 0.25) is 5.02 Å². The molecule has 2 heterocycles. The second-order valence-electron chi connectivity index (χ2n) is 6.89. The van der Waals surface area contributed by atoms with Gasteiger partial charge in [-0.15, -0.1) is 5.10 Å². The number of rotatable bonds is 8. The minimum Gasteiger partial charge on any atom is -0.490 e. The van der Waals surface area contributed by atoms with Crippen LogP contribution in [0.3, 0.4) is 0 Å². The number of fused-ring (bicyclic) bond motifs is 1. The van der Waals surface area contributed by atoms with Crippen LogP contribution < -0.4 is 19.6 Å². The third-order valence-corrected chi connectivity index (χ3v) is 5.82. The van der Waals surface area contributed by atoms with E-state index >= 15 is 0 Å². The van der Waals surface area contributed by atoms with E-state index in [2.05, 4.69) is 17.0 Å². The Balaban J connectivity index is 1.66. The monoisotopic (exact) mass is 455 g/mol. The van der Waals surface area contributed by atoms with E-state index in [1.165, 1.54) is 15.9 Å². The molecule has 0 saturated heterocycles. The Bertz CT molecular complexity index is 1300. The van der Waals surface area contributed by atoms with E-state index in [1.807, 2.05) is 43.3 Å². The molecule has 0 aliphatic heterocycles. The fourth-order valence-corrected chi connectivity index (χ4v) is 4.07. The van der Waals surface area contributed by atoms with E-state index in [4.69, 9.17) is 21.1 Å². The molecular weight excluding hydrogens is 434 g/mol. The second-order valence-corrected chi connectivity index (χ2v) is 8.34.